The van der Waals surface area contributed by atoms with Gasteiger partial charge in [-0.15, -0.1) is 0 Å². The lowest BCUT2D eigenvalue weighted by atomic mass is 10.1. The molecular formula is C23H22F3N5O3. The Morgan fingerprint density at radius 2 is 2.09 bits per heavy atom. The first kappa shape index (κ1) is 22.2. The van der Waals surface area contributed by atoms with Gasteiger partial charge in [0.25, 0.3) is 5.91 Å². The van der Waals surface area contributed by atoms with E-state index < -0.39 is 24.7 Å². The number of rotatable bonds is 4. The zero-order chi connectivity index (χ0) is 24.0. The number of carbonyl (C=O) groups is 2. The van der Waals surface area contributed by atoms with Crippen LogP contribution in [0.3, 0.4) is 0 Å². The largest absolute Gasteiger partial charge is 0.416 e. The van der Waals surface area contributed by atoms with E-state index in [0.29, 0.717) is 11.3 Å². The molecule has 1 fully saturated rings. The van der Waals surface area contributed by atoms with Crippen LogP contribution < -0.4 is 5.32 Å². The first-order valence-corrected chi connectivity index (χ1v) is 10.8. The third-order valence-corrected chi connectivity index (χ3v) is 6.15. The molecule has 0 radical (unpaired) electrons. The Balaban J connectivity index is 1.31. The third-order valence-electron chi connectivity index (χ3n) is 6.15. The van der Waals surface area contributed by atoms with Crippen LogP contribution >= 0.6 is 0 Å². The van der Waals surface area contributed by atoms with E-state index in [1.165, 1.54) is 4.90 Å². The summed E-state index contributed by atoms with van der Waals surface area (Å²) in [6.45, 7) is -0.784. The highest BCUT2D eigenvalue weighted by molar-refractivity contribution is 6.05. The lowest BCUT2D eigenvalue weighted by molar-refractivity contribution is -0.236. The fraction of sp³-hybridized carbons (Fsp3) is 0.348. The number of anilines is 2. The normalized spacial score (nSPS) is 18.5. The van der Waals surface area contributed by atoms with Gasteiger partial charge in [0.05, 0.1) is 36.1 Å². The average Bonchev–Trinajstić information content (AvgIpc) is 3.33. The molecule has 34 heavy (non-hydrogen) atoms. The Hall–Kier alpha value is -3.60. The maximum Gasteiger partial charge on any atom is 0.416 e. The molecule has 1 atom stereocenters. The molecule has 0 aliphatic carbocycles. The van der Waals surface area contributed by atoms with Crippen molar-refractivity contribution >= 4 is 34.1 Å². The molecule has 1 saturated heterocycles. The maximum absolute atomic E-state index is 13.2. The molecule has 2 aliphatic heterocycles. The monoisotopic (exact) mass is 473 g/mol. The zero-order valence-electron chi connectivity index (χ0n) is 18.3. The topological polar surface area (TPSA) is 79.7 Å². The van der Waals surface area contributed by atoms with Gasteiger partial charge in [-0.05, 0) is 29.8 Å². The maximum atomic E-state index is 13.2. The number of ether oxygens (including phenoxy) is 1. The van der Waals surface area contributed by atoms with Crippen LogP contribution in [0, 0.1) is 0 Å². The minimum atomic E-state index is -4.54. The molecule has 178 valence electrons. The molecule has 2 amide bonds. The van der Waals surface area contributed by atoms with Crippen LogP contribution in [-0.4, -0.2) is 69.9 Å². The van der Waals surface area contributed by atoms with Crippen molar-refractivity contribution in [1.29, 1.82) is 0 Å². The van der Waals surface area contributed by atoms with E-state index in [-0.39, 0.29) is 32.1 Å². The van der Waals surface area contributed by atoms with E-state index in [9.17, 15) is 22.8 Å². The number of alkyl halides is 3. The number of amides is 2. The summed E-state index contributed by atoms with van der Waals surface area (Å²) >= 11 is 0. The average molecular weight is 473 g/mol. The zero-order valence-corrected chi connectivity index (χ0v) is 18.3. The Morgan fingerprint density at radius 3 is 2.88 bits per heavy atom. The minimum Gasteiger partial charge on any atom is -0.365 e. The number of carbonyl (C=O) groups excluding carboxylic acids is 2. The predicted octanol–water partition coefficient (Wildman–Crippen LogP) is 3.06. The highest BCUT2D eigenvalue weighted by Crippen LogP contribution is 2.32. The fourth-order valence-corrected chi connectivity index (χ4v) is 4.39. The summed E-state index contributed by atoms with van der Waals surface area (Å²) in [4.78, 5) is 28.3. The smallest absolute Gasteiger partial charge is 0.365 e. The van der Waals surface area contributed by atoms with Gasteiger partial charge in [-0.3, -0.25) is 14.3 Å². The summed E-state index contributed by atoms with van der Waals surface area (Å²) in [5, 5.41) is 8.45. The van der Waals surface area contributed by atoms with E-state index >= 15 is 0 Å². The van der Waals surface area contributed by atoms with Gasteiger partial charge in [0, 0.05) is 31.2 Å². The van der Waals surface area contributed by atoms with E-state index in [1.807, 2.05) is 37.4 Å². The van der Waals surface area contributed by atoms with Crippen molar-refractivity contribution in [2.75, 3.05) is 31.6 Å². The second-order valence-corrected chi connectivity index (χ2v) is 8.41. The number of hydrogen-bond donors (Lipinski definition) is 1. The van der Waals surface area contributed by atoms with E-state index in [1.54, 1.807) is 16.9 Å². The number of nitrogens with zero attached hydrogens (tertiary/aromatic N) is 4. The van der Waals surface area contributed by atoms with Gasteiger partial charge in [-0.25, -0.2) is 0 Å². The first-order chi connectivity index (χ1) is 16.2. The number of hydrogen-bond acceptors (Lipinski definition) is 5. The summed E-state index contributed by atoms with van der Waals surface area (Å²) in [5.74, 6) is -0.871. The highest BCUT2D eigenvalue weighted by Gasteiger charge is 2.44. The molecule has 0 saturated carbocycles. The fourth-order valence-electron chi connectivity index (χ4n) is 4.39. The van der Waals surface area contributed by atoms with Crippen LogP contribution in [0.25, 0.3) is 10.9 Å². The van der Waals surface area contributed by atoms with E-state index in [4.69, 9.17) is 4.74 Å². The van der Waals surface area contributed by atoms with E-state index in [0.717, 1.165) is 27.1 Å². The van der Waals surface area contributed by atoms with Crippen molar-refractivity contribution in [3.05, 3.63) is 53.7 Å². The SMILES string of the molecule is Cn1ncc2cc(Nc3cccc4c3C(=O)N(CC(=O)N3CCOC(C(F)(F)F)C3)C4)ccc21. The third kappa shape index (κ3) is 4.07. The second-order valence-electron chi connectivity index (χ2n) is 8.41. The van der Waals surface area contributed by atoms with Gasteiger partial charge < -0.3 is 19.9 Å². The summed E-state index contributed by atoms with van der Waals surface area (Å²) in [7, 11) is 1.86. The van der Waals surface area contributed by atoms with Gasteiger partial charge >= 0.3 is 6.18 Å². The Kier molecular flexibility index (Phi) is 5.43. The van der Waals surface area contributed by atoms with Crippen LogP contribution in [0.5, 0.6) is 0 Å². The van der Waals surface area contributed by atoms with Crippen molar-refractivity contribution in [3.63, 3.8) is 0 Å². The molecule has 5 rings (SSSR count). The number of morpholine rings is 1. The van der Waals surface area contributed by atoms with Gasteiger partial charge in [0.2, 0.25) is 5.91 Å². The number of aryl methyl sites for hydroxylation is 1. The van der Waals surface area contributed by atoms with Gasteiger partial charge in [0.1, 0.15) is 6.54 Å². The molecule has 1 aromatic heterocycles. The summed E-state index contributed by atoms with van der Waals surface area (Å²) in [5.41, 5.74) is 3.56. The van der Waals surface area contributed by atoms with Crippen LogP contribution in [0.15, 0.2) is 42.6 Å². The predicted molar refractivity (Wildman–Crippen MR) is 118 cm³/mol. The Morgan fingerprint density at radius 1 is 1.26 bits per heavy atom. The molecule has 8 nitrogen and oxygen atoms in total. The van der Waals surface area contributed by atoms with Crippen LogP contribution in [0.4, 0.5) is 24.5 Å². The number of nitrogens with one attached hydrogen (secondary N) is 1. The minimum absolute atomic E-state index is 0.0595. The molecule has 3 aromatic rings. The van der Waals surface area contributed by atoms with Crippen molar-refractivity contribution in [3.8, 4) is 0 Å². The number of halogens is 3. The summed E-state index contributed by atoms with van der Waals surface area (Å²) in [6.07, 6.45) is -4.80. The molecule has 11 heteroatoms. The second kappa shape index (κ2) is 8.32. The van der Waals surface area contributed by atoms with Gasteiger partial charge in [0.15, 0.2) is 6.10 Å². The van der Waals surface area contributed by atoms with Crippen LogP contribution in [0.2, 0.25) is 0 Å². The molecule has 1 unspecified atom stereocenters. The molecule has 0 spiro atoms. The number of benzene rings is 2. The summed E-state index contributed by atoms with van der Waals surface area (Å²) in [6, 6.07) is 11.2. The first-order valence-electron chi connectivity index (χ1n) is 10.8. The van der Waals surface area contributed by atoms with Crippen molar-refractivity contribution < 1.29 is 27.5 Å². The molecule has 0 bridgehead atoms. The van der Waals surface area contributed by atoms with Crippen molar-refractivity contribution in [1.82, 2.24) is 19.6 Å². The molecule has 2 aliphatic rings. The Bertz CT molecular complexity index is 1270. The molecule has 1 N–H and O–H groups in total. The number of fused-ring (bicyclic) bond motifs is 2. The lowest BCUT2D eigenvalue weighted by Gasteiger charge is -2.34. The van der Waals surface area contributed by atoms with Crippen molar-refractivity contribution in [2.24, 2.45) is 7.05 Å². The van der Waals surface area contributed by atoms with Gasteiger partial charge in [-0.2, -0.15) is 18.3 Å². The number of aromatic nitrogens is 2. The summed E-state index contributed by atoms with van der Waals surface area (Å²) < 4.78 is 45.5. The van der Waals surface area contributed by atoms with Crippen LogP contribution in [0.1, 0.15) is 15.9 Å². The lowest BCUT2D eigenvalue weighted by Crippen LogP contribution is -2.53. The van der Waals surface area contributed by atoms with E-state index in [2.05, 4.69) is 10.4 Å². The highest BCUT2D eigenvalue weighted by atomic mass is 19.4. The van der Waals surface area contributed by atoms with Gasteiger partial charge in [-0.1, -0.05) is 12.1 Å². The van der Waals surface area contributed by atoms with Crippen LogP contribution in [-0.2, 0) is 23.1 Å². The molecular weight excluding hydrogens is 451 g/mol. The van der Waals surface area contributed by atoms with Crippen molar-refractivity contribution in [2.45, 2.75) is 18.8 Å². The molecule has 2 aromatic carbocycles. The Labute approximate surface area is 192 Å². The quantitative estimate of drug-likeness (QED) is 0.630. The standard InChI is InChI=1S/C23H22F3N5O3/c1-29-18-6-5-16(9-15(18)10-27-29)28-17-4-2-3-14-11-31(22(33)21(14)17)13-20(32)30-7-8-34-19(12-30)23(24,25)26/h2-6,9-10,19,28H,7-8,11-13H2,1H3. The molecule has 3 heterocycles.